The first kappa shape index (κ1) is 12.3. The van der Waals surface area contributed by atoms with E-state index in [1.54, 1.807) is 6.20 Å². The van der Waals surface area contributed by atoms with Crippen LogP contribution in [0.3, 0.4) is 0 Å². The van der Waals surface area contributed by atoms with Crippen molar-refractivity contribution in [2.75, 3.05) is 24.7 Å². The third-order valence-corrected chi connectivity index (χ3v) is 3.82. The Kier molecular flexibility index (Phi) is 2.80. The molecule has 0 aliphatic carbocycles. The minimum Gasteiger partial charge on any atom is -0.353 e. The average Bonchev–Trinajstić information content (AvgIpc) is 2.92. The number of rotatable bonds is 3. The van der Waals surface area contributed by atoms with Gasteiger partial charge in [-0.1, -0.05) is 30.3 Å². The molecule has 4 rings (SSSR count). The SMILES string of the molecule is FCC1CN(c2nccn3c(-c4ccccc4)nnc23)C1. The number of hydrogen-bond acceptors (Lipinski definition) is 4. The van der Waals surface area contributed by atoms with Gasteiger partial charge in [0.25, 0.3) is 0 Å². The van der Waals surface area contributed by atoms with Crippen molar-refractivity contribution < 1.29 is 4.39 Å². The number of benzene rings is 1. The van der Waals surface area contributed by atoms with Crippen molar-refractivity contribution in [3.63, 3.8) is 0 Å². The highest BCUT2D eigenvalue weighted by molar-refractivity contribution is 5.69. The fourth-order valence-corrected chi connectivity index (χ4v) is 2.66. The van der Waals surface area contributed by atoms with Crippen molar-refractivity contribution in [3.8, 4) is 11.4 Å². The highest BCUT2D eigenvalue weighted by atomic mass is 19.1. The Morgan fingerprint density at radius 2 is 1.95 bits per heavy atom. The molecule has 6 heteroatoms. The van der Waals surface area contributed by atoms with Crippen LogP contribution in [0.2, 0.25) is 0 Å². The van der Waals surface area contributed by atoms with Crippen LogP contribution < -0.4 is 4.90 Å². The minimum absolute atomic E-state index is 0.114. The molecule has 1 aliphatic rings. The highest BCUT2D eigenvalue weighted by Gasteiger charge is 2.29. The Morgan fingerprint density at radius 3 is 2.71 bits per heavy atom. The van der Waals surface area contributed by atoms with E-state index in [-0.39, 0.29) is 12.6 Å². The molecule has 21 heavy (non-hydrogen) atoms. The summed E-state index contributed by atoms with van der Waals surface area (Å²) in [6.45, 7) is 1.11. The molecular formula is C15H14FN5. The lowest BCUT2D eigenvalue weighted by Gasteiger charge is -2.38. The molecule has 0 unspecified atom stereocenters. The lowest BCUT2D eigenvalue weighted by atomic mass is 10.0. The zero-order chi connectivity index (χ0) is 14.2. The first-order valence-electron chi connectivity index (χ1n) is 6.93. The van der Waals surface area contributed by atoms with Crippen LogP contribution in [-0.2, 0) is 0 Å². The molecule has 3 heterocycles. The van der Waals surface area contributed by atoms with E-state index >= 15 is 0 Å². The molecule has 3 aromatic rings. The second kappa shape index (κ2) is 4.80. The summed E-state index contributed by atoms with van der Waals surface area (Å²) < 4.78 is 14.5. The summed E-state index contributed by atoms with van der Waals surface area (Å²) in [6, 6.07) is 9.91. The van der Waals surface area contributed by atoms with Gasteiger partial charge in [0.1, 0.15) is 0 Å². The largest absolute Gasteiger partial charge is 0.353 e. The molecule has 1 aromatic carbocycles. The maximum Gasteiger partial charge on any atom is 0.204 e. The van der Waals surface area contributed by atoms with Gasteiger partial charge in [0.2, 0.25) is 5.65 Å². The zero-order valence-corrected chi connectivity index (χ0v) is 11.4. The van der Waals surface area contributed by atoms with E-state index in [1.165, 1.54) is 0 Å². The average molecular weight is 283 g/mol. The van der Waals surface area contributed by atoms with Gasteiger partial charge >= 0.3 is 0 Å². The Balaban J connectivity index is 1.77. The second-order valence-corrected chi connectivity index (χ2v) is 5.26. The van der Waals surface area contributed by atoms with E-state index < -0.39 is 0 Å². The predicted molar refractivity (Wildman–Crippen MR) is 77.9 cm³/mol. The number of alkyl halides is 1. The number of halogens is 1. The molecule has 0 spiro atoms. The third-order valence-electron chi connectivity index (χ3n) is 3.82. The summed E-state index contributed by atoms with van der Waals surface area (Å²) in [5.74, 6) is 1.68. The molecule has 5 nitrogen and oxygen atoms in total. The maximum absolute atomic E-state index is 12.6. The van der Waals surface area contributed by atoms with Crippen LogP contribution in [0.1, 0.15) is 0 Å². The first-order chi connectivity index (χ1) is 10.4. The van der Waals surface area contributed by atoms with E-state index in [0.717, 1.165) is 17.2 Å². The smallest absolute Gasteiger partial charge is 0.204 e. The number of anilines is 1. The van der Waals surface area contributed by atoms with Crippen molar-refractivity contribution in [1.29, 1.82) is 0 Å². The van der Waals surface area contributed by atoms with Crippen molar-refractivity contribution in [2.24, 2.45) is 5.92 Å². The normalized spacial score (nSPS) is 15.4. The molecule has 1 fully saturated rings. The predicted octanol–water partition coefficient (Wildman–Crippen LogP) is 2.20. The van der Waals surface area contributed by atoms with Crippen molar-refractivity contribution in [1.82, 2.24) is 19.6 Å². The van der Waals surface area contributed by atoms with Gasteiger partial charge in [-0.15, -0.1) is 10.2 Å². The molecule has 106 valence electrons. The summed E-state index contributed by atoms with van der Waals surface area (Å²) in [7, 11) is 0. The number of aromatic nitrogens is 4. The fraction of sp³-hybridized carbons (Fsp3) is 0.267. The van der Waals surface area contributed by atoms with Gasteiger partial charge in [-0.2, -0.15) is 0 Å². The Hall–Kier alpha value is -2.50. The zero-order valence-electron chi connectivity index (χ0n) is 11.4. The van der Waals surface area contributed by atoms with Gasteiger partial charge in [0, 0.05) is 37.0 Å². The quantitative estimate of drug-likeness (QED) is 0.739. The Morgan fingerprint density at radius 1 is 1.14 bits per heavy atom. The van der Waals surface area contributed by atoms with Gasteiger partial charge in [0.15, 0.2) is 11.6 Å². The molecular weight excluding hydrogens is 269 g/mol. The summed E-state index contributed by atoms with van der Waals surface area (Å²) in [5.41, 5.74) is 1.72. The second-order valence-electron chi connectivity index (χ2n) is 5.26. The number of hydrogen-bond donors (Lipinski definition) is 0. The van der Waals surface area contributed by atoms with Crippen LogP contribution in [0, 0.1) is 5.92 Å². The molecule has 0 amide bonds. The van der Waals surface area contributed by atoms with Crippen molar-refractivity contribution in [2.45, 2.75) is 0 Å². The first-order valence-corrected chi connectivity index (χ1v) is 6.93. The monoisotopic (exact) mass is 283 g/mol. The van der Waals surface area contributed by atoms with Crippen molar-refractivity contribution in [3.05, 3.63) is 42.7 Å². The summed E-state index contributed by atoms with van der Waals surface area (Å²) >= 11 is 0. The number of nitrogens with zero attached hydrogens (tertiary/aromatic N) is 5. The van der Waals surface area contributed by atoms with Crippen molar-refractivity contribution >= 4 is 11.5 Å². The van der Waals surface area contributed by atoms with Gasteiger partial charge in [-0.25, -0.2) is 4.98 Å². The standard InChI is InChI=1S/C15H14FN5/c16-8-11-9-20(10-11)14-15-19-18-13(21(15)7-6-17-14)12-4-2-1-3-5-12/h1-7,11H,8-10H2. The molecule has 0 N–H and O–H groups in total. The minimum atomic E-state index is -0.276. The van der Waals surface area contributed by atoms with E-state index in [1.807, 2.05) is 45.8 Å². The van der Waals surface area contributed by atoms with Crippen LogP contribution >= 0.6 is 0 Å². The lowest BCUT2D eigenvalue weighted by Crippen LogP contribution is -2.48. The van der Waals surface area contributed by atoms with Crippen LogP contribution in [0.25, 0.3) is 17.0 Å². The van der Waals surface area contributed by atoms with Gasteiger partial charge in [-0.05, 0) is 0 Å². The van der Waals surface area contributed by atoms with Gasteiger partial charge < -0.3 is 4.90 Å². The highest BCUT2D eigenvalue weighted by Crippen LogP contribution is 2.27. The lowest BCUT2D eigenvalue weighted by molar-refractivity contribution is 0.305. The topological polar surface area (TPSA) is 46.3 Å². The maximum atomic E-state index is 12.6. The Bertz CT molecular complexity index is 764. The van der Waals surface area contributed by atoms with E-state index in [0.29, 0.717) is 18.7 Å². The van der Waals surface area contributed by atoms with E-state index in [4.69, 9.17) is 0 Å². The molecule has 0 radical (unpaired) electrons. The fourth-order valence-electron chi connectivity index (χ4n) is 2.66. The summed E-state index contributed by atoms with van der Waals surface area (Å²) in [5, 5.41) is 8.54. The molecule has 2 aromatic heterocycles. The summed E-state index contributed by atoms with van der Waals surface area (Å²) in [6.07, 6.45) is 3.59. The van der Waals surface area contributed by atoms with Crippen LogP contribution in [0.15, 0.2) is 42.7 Å². The number of fused-ring (bicyclic) bond motifs is 1. The molecule has 0 saturated carbocycles. The molecule has 1 aliphatic heterocycles. The molecule has 0 bridgehead atoms. The van der Waals surface area contributed by atoms with Gasteiger partial charge in [0.05, 0.1) is 6.67 Å². The molecule has 0 atom stereocenters. The van der Waals surface area contributed by atoms with Crippen LogP contribution in [0.5, 0.6) is 0 Å². The third kappa shape index (κ3) is 1.94. The molecule has 1 saturated heterocycles. The van der Waals surface area contributed by atoms with Crippen LogP contribution in [0.4, 0.5) is 10.2 Å². The summed E-state index contributed by atoms with van der Waals surface area (Å²) in [4.78, 5) is 6.43. The van der Waals surface area contributed by atoms with E-state index in [9.17, 15) is 4.39 Å². The Labute approximate surface area is 121 Å². The van der Waals surface area contributed by atoms with Gasteiger partial charge in [-0.3, -0.25) is 8.79 Å². The van der Waals surface area contributed by atoms with E-state index in [2.05, 4.69) is 15.2 Å². The van der Waals surface area contributed by atoms with Crippen LogP contribution in [-0.4, -0.2) is 39.3 Å².